The highest BCUT2D eigenvalue weighted by molar-refractivity contribution is 7.89. The summed E-state index contributed by atoms with van der Waals surface area (Å²) in [6.07, 6.45) is 3.34. The minimum absolute atomic E-state index is 0.220. The number of fused-ring (bicyclic) bond motifs is 1. The van der Waals surface area contributed by atoms with Crippen LogP contribution in [0.25, 0.3) is 10.9 Å². The van der Waals surface area contributed by atoms with Crippen molar-refractivity contribution in [1.29, 1.82) is 0 Å². The number of aromatic nitrogens is 1. The maximum absolute atomic E-state index is 11.9. The summed E-state index contributed by atoms with van der Waals surface area (Å²) in [5.74, 6) is 0.220. The Balaban J connectivity index is 2.07. The second kappa shape index (κ2) is 5.75. The minimum Gasteiger partial charge on any atom is -0.361 e. The molecule has 0 radical (unpaired) electrons. The van der Waals surface area contributed by atoms with Crippen LogP contribution in [0.2, 0.25) is 0 Å². The van der Waals surface area contributed by atoms with Gasteiger partial charge < -0.3 is 4.98 Å². The average molecular weight is 280 g/mol. The van der Waals surface area contributed by atoms with Crippen LogP contribution < -0.4 is 0 Å². The predicted molar refractivity (Wildman–Crippen MR) is 78.7 cm³/mol. The molecule has 19 heavy (non-hydrogen) atoms. The zero-order valence-electron chi connectivity index (χ0n) is 11.4. The van der Waals surface area contributed by atoms with Gasteiger partial charge in [-0.3, -0.25) is 0 Å². The lowest BCUT2D eigenvalue weighted by molar-refractivity contribution is 0.472. The van der Waals surface area contributed by atoms with Gasteiger partial charge >= 0.3 is 0 Å². The van der Waals surface area contributed by atoms with E-state index in [0.717, 1.165) is 17.5 Å². The quantitative estimate of drug-likeness (QED) is 0.883. The van der Waals surface area contributed by atoms with E-state index >= 15 is 0 Å². The van der Waals surface area contributed by atoms with E-state index in [0.29, 0.717) is 13.0 Å². The molecule has 0 aliphatic heterocycles. The summed E-state index contributed by atoms with van der Waals surface area (Å²) in [4.78, 5) is 3.21. The average Bonchev–Trinajstić information content (AvgIpc) is 2.79. The van der Waals surface area contributed by atoms with E-state index in [-0.39, 0.29) is 5.75 Å². The molecular weight excluding hydrogens is 260 g/mol. The van der Waals surface area contributed by atoms with Crippen LogP contribution in [0.4, 0.5) is 0 Å². The second-order valence-corrected chi connectivity index (χ2v) is 6.94. The second-order valence-electron chi connectivity index (χ2n) is 4.75. The summed E-state index contributed by atoms with van der Waals surface area (Å²) in [6, 6.07) is 8.07. The molecule has 0 unspecified atom stereocenters. The van der Waals surface area contributed by atoms with Crippen molar-refractivity contribution in [3.63, 3.8) is 0 Å². The fourth-order valence-electron chi connectivity index (χ4n) is 2.17. The third-order valence-corrected chi connectivity index (χ3v) is 5.36. The summed E-state index contributed by atoms with van der Waals surface area (Å²) in [5, 5.41) is 1.17. The van der Waals surface area contributed by atoms with Crippen molar-refractivity contribution in [3.05, 3.63) is 36.0 Å². The first-order chi connectivity index (χ1) is 9.04. The molecule has 0 spiro atoms. The first-order valence-electron chi connectivity index (χ1n) is 6.53. The Labute approximate surface area is 114 Å². The van der Waals surface area contributed by atoms with Crippen molar-refractivity contribution < 1.29 is 8.42 Å². The molecule has 0 aliphatic rings. The summed E-state index contributed by atoms with van der Waals surface area (Å²) in [6.45, 7) is 2.40. The van der Waals surface area contributed by atoms with Crippen LogP contribution in [0, 0.1) is 0 Å². The number of sulfonamides is 1. The molecule has 104 valence electrons. The van der Waals surface area contributed by atoms with E-state index in [4.69, 9.17) is 0 Å². The smallest absolute Gasteiger partial charge is 0.213 e. The van der Waals surface area contributed by atoms with Crippen LogP contribution in [-0.4, -0.2) is 37.1 Å². The normalized spacial score (nSPS) is 12.4. The fourth-order valence-corrected chi connectivity index (χ4v) is 3.37. The molecule has 0 saturated carbocycles. The first-order valence-corrected chi connectivity index (χ1v) is 8.14. The van der Waals surface area contributed by atoms with E-state index in [1.807, 2.05) is 31.3 Å². The van der Waals surface area contributed by atoms with Gasteiger partial charge in [-0.2, -0.15) is 0 Å². The van der Waals surface area contributed by atoms with Crippen LogP contribution >= 0.6 is 0 Å². The monoisotopic (exact) mass is 280 g/mol. The molecule has 1 aromatic heterocycles. The number of benzene rings is 1. The van der Waals surface area contributed by atoms with Crippen LogP contribution in [0.5, 0.6) is 0 Å². The number of nitrogens with zero attached hydrogens (tertiary/aromatic N) is 1. The van der Waals surface area contributed by atoms with Gasteiger partial charge in [-0.15, -0.1) is 0 Å². The van der Waals surface area contributed by atoms with Gasteiger partial charge in [0.2, 0.25) is 10.0 Å². The lowest BCUT2D eigenvalue weighted by Crippen LogP contribution is -2.30. The number of aromatic amines is 1. The molecule has 0 fully saturated rings. The Morgan fingerprint density at radius 2 is 2.00 bits per heavy atom. The molecule has 0 saturated heterocycles. The zero-order valence-corrected chi connectivity index (χ0v) is 12.2. The number of rotatable bonds is 6. The van der Waals surface area contributed by atoms with Gasteiger partial charge in [-0.25, -0.2) is 12.7 Å². The van der Waals surface area contributed by atoms with Gasteiger partial charge in [-0.05, 0) is 24.5 Å². The number of nitrogens with one attached hydrogen (secondary N) is 1. The van der Waals surface area contributed by atoms with Crippen molar-refractivity contribution >= 4 is 20.9 Å². The summed E-state index contributed by atoms with van der Waals surface area (Å²) in [5.41, 5.74) is 2.26. The number of likely N-dealkylation sites (N-methyl/N-ethyl adjacent to an activating group) is 1. The molecule has 0 aliphatic carbocycles. The Hall–Kier alpha value is -1.33. The van der Waals surface area contributed by atoms with Crippen molar-refractivity contribution in [2.24, 2.45) is 0 Å². The molecule has 0 amide bonds. The molecule has 1 heterocycles. The van der Waals surface area contributed by atoms with Gasteiger partial charge in [0.25, 0.3) is 0 Å². The van der Waals surface area contributed by atoms with Gasteiger partial charge in [-0.1, -0.05) is 25.1 Å². The first kappa shape index (κ1) is 14.1. The maximum atomic E-state index is 11.9. The fraction of sp³-hybridized carbons (Fsp3) is 0.429. The van der Waals surface area contributed by atoms with Crippen molar-refractivity contribution in [1.82, 2.24) is 9.29 Å². The Morgan fingerprint density at radius 1 is 1.26 bits per heavy atom. The molecule has 4 nitrogen and oxygen atoms in total. The summed E-state index contributed by atoms with van der Waals surface area (Å²) >= 11 is 0. The van der Waals surface area contributed by atoms with Crippen molar-refractivity contribution in [3.8, 4) is 0 Å². The number of hydrogen-bond acceptors (Lipinski definition) is 2. The SMILES string of the molecule is CCCS(=O)(=O)N(C)CCc1c[nH]c2ccccc12. The standard InChI is InChI=1S/C14H20N2O2S/c1-3-10-19(17,18)16(2)9-8-12-11-15-14-7-5-4-6-13(12)14/h4-7,11,15H,3,8-10H2,1-2H3. The van der Waals surface area contributed by atoms with E-state index in [9.17, 15) is 8.42 Å². The summed E-state index contributed by atoms with van der Waals surface area (Å²) < 4.78 is 25.2. The molecule has 2 aromatic rings. The van der Waals surface area contributed by atoms with Crippen LogP contribution in [-0.2, 0) is 16.4 Å². The number of hydrogen-bond donors (Lipinski definition) is 1. The number of H-pyrrole nitrogens is 1. The Morgan fingerprint density at radius 3 is 2.74 bits per heavy atom. The highest BCUT2D eigenvalue weighted by Gasteiger charge is 2.16. The van der Waals surface area contributed by atoms with Gasteiger partial charge in [0.05, 0.1) is 5.75 Å². The lowest BCUT2D eigenvalue weighted by atomic mass is 10.1. The Bertz CT molecular complexity index is 646. The van der Waals surface area contributed by atoms with Crippen LogP contribution in [0.1, 0.15) is 18.9 Å². The zero-order chi connectivity index (χ0) is 13.9. The molecule has 0 bridgehead atoms. The van der Waals surface area contributed by atoms with E-state index in [1.165, 1.54) is 9.69 Å². The molecule has 1 aromatic carbocycles. The van der Waals surface area contributed by atoms with Crippen molar-refractivity contribution in [2.45, 2.75) is 19.8 Å². The Kier molecular flexibility index (Phi) is 4.27. The van der Waals surface area contributed by atoms with Gasteiger partial charge in [0.1, 0.15) is 0 Å². The topological polar surface area (TPSA) is 53.2 Å². The molecule has 1 N–H and O–H groups in total. The third kappa shape index (κ3) is 3.16. The maximum Gasteiger partial charge on any atom is 0.213 e. The molecule has 5 heteroatoms. The van der Waals surface area contributed by atoms with Gasteiger partial charge in [0.15, 0.2) is 0 Å². The number of para-hydroxylation sites is 1. The van der Waals surface area contributed by atoms with Crippen molar-refractivity contribution in [2.75, 3.05) is 19.3 Å². The van der Waals surface area contributed by atoms with E-state index in [1.54, 1.807) is 7.05 Å². The largest absolute Gasteiger partial charge is 0.361 e. The highest BCUT2D eigenvalue weighted by atomic mass is 32.2. The van der Waals surface area contributed by atoms with Gasteiger partial charge in [0, 0.05) is 30.7 Å². The summed E-state index contributed by atoms with van der Waals surface area (Å²) in [7, 11) is -1.44. The van der Waals surface area contributed by atoms with Crippen LogP contribution in [0.3, 0.4) is 0 Å². The third-order valence-electron chi connectivity index (χ3n) is 3.31. The predicted octanol–water partition coefficient (Wildman–Crippen LogP) is 2.38. The minimum atomic E-state index is -3.09. The van der Waals surface area contributed by atoms with E-state index < -0.39 is 10.0 Å². The molecular formula is C14H20N2O2S. The van der Waals surface area contributed by atoms with E-state index in [2.05, 4.69) is 11.1 Å². The molecule has 2 rings (SSSR count). The molecule has 0 atom stereocenters. The highest BCUT2D eigenvalue weighted by Crippen LogP contribution is 2.18. The lowest BCUT2D eigenvalue weighted by Gasteiger charge is -2.16. The van der Waals surface area contributed by atoms with Crippen LogP contribution in [0.15, 0.2) is 30.5 Å².